The van der Waals surface area contributed by atoms with Crippen LogP contribution in [0.15, 0.2) is 58.8 Å². The fraction of sp³-hybridized carbons (Fsp3) is 0.333. The molecule has 0 spiro atoms. The van der Waals surface area contributed by atoms with E-state index >= 15 is 0 Å². The third-order valence-electron chi connectivity index (χ3n) is 5.85. The van der Waals surface area contributed by atoms with Crippen LogP contribution in [0.2, 0.25) is 0 Å². The summed E-state index contributed by atoms with van der Waals surface area (Å²) < 4.78 is 29.7. The highest BCUT2D eigenvalue weighted by Crippen LogP contribution is 2.42. The number of hydrogen-bond donors (Lipinski definition) is 2. The third kappa shape index (κ3) is 5.81. The zero-order chi connectivity index (χ0) is 23.5. The zero-order valence-electron chi connectivity index (χ0n) is 18.6. The molecule has 5 rings (SSSR count). The molecular formula is C24H25N4O3S3-. The number of aromatic nitrogens is 2. The van der Waals surface area contributed by atoms with Gasteiger partial charge in [-0.15, -0.1) is 22.7 Å². The van der Waals surface area contributed by atoms with Crippen molar-refractivity contribution < 1.29 is 13.5 Å². The van der Waals surface area contributed by atoms with Crippen LogP contribution in [0.5, 0.6) is 5.75 Å². The van der Waals surface area contributed by atoms with Crippen molar-refractivity contribution in [1.29, 1.82) is 0 Å². The van der Waals surface area contributed by atoms with Gasteiger partial charge in [-0.05, 0) is 43.4 Å². The first-order valence-corrected chi connectivity index (χ1v) is 14.0. The van der Waals surface area contributed by atoms with E-state index in [-0.39, 0.29) is 12.1 Å². The molecule has 7 nitrogen and oxygen atoms in total. The summed E-state index contributed by atoms with van der Waals surface area (Å²) in [4.78, 5) is 9.77. The fourth-order valence-corrected chi connectivity index (χ4v) is 6.12. The number of methoxy groups -OCH3 is 1. The van der Waals surface area contributed by atoms with Crippen molar-refractivity contribution in [3.8, 4) is 17.0 Å². The maximum absolute atomic E-state index is 10.9. The van der Waals surface area contributed by atoms with Crippen LogP contribution in [0.25, 0.3) is 11.3 Å². The highest BCUT2D eigenvalue weighted by atomic mass is 32.2. The molecule has 2 N–H and O–H groups in total. The van der Waals surface area contributed by atoms with Gasteiger partial charge in [0.25, 0.3) is 0 Å². The van der Waals surface area contributed by atoms with Gasteiger partial charge in [0.1, 0.15) is 5.75 Å². The molecule has 0 amide bonds. The van der Waals surface area contributed by atoms with Crippen molar-refractivity contribution in [2.75, 3.05) is 12.4 Å². The Bertz CT molecular complexity index is 1230. The molecule has 0 radical (unpaired) electrons. The predicted octanol–water partition coefficient (Wildman–Crippen LogP) is 5.33. The van der Waals surface area contributed by atoms with Crippen LogP contribution in [0.4, 0.5) is 5.13 Å². The molecule has 10 heteroatoms. The zero-order valence-corrected chi connectivity index (χ0v) is 21.1. The van der Waals surface area contributed by atoms with Gasteiger partial charge in [0, 0.05) is 39.5 Å². The molecule has 2 aliphatic rings. The molecule has 3 atom stereocenters. The highest BCUT2D eigenvalue weighted by molar-refractivity contribution is 7.77. The fourth-order valence-electron chi connectivity index (χ4n) is 3.87. The predicted molar refractivity (Wildman–Crippen MR) is 137 cm³/mol. The number of benzene rings is 1. The summed E-state index contributed by atoms with van der Waals surface area (Å²) in [5.41, 5.74) is 4.09. The van der Waals surface area contributed by atoms with Gasteiger partial charge in [0.05, 0.1) is 29.5 Å². The van der Waals surface area contributed by atoms with Crippen molar-refractivity contribution >= 4 is 39.1 Å². The number of nitrogens with one attached hydrogen (secondary N) is 2. The lowest BCUT2D eigenvalue weighted by molar-refractivity contribution is 0.415. The summed E-state index contributed by atoms with van der Waals surface area (Å²) in [5.74, 6) is 1.42. The van der Waals surface area contributed by atoms with Gasteiger partial charge in [-0.25, -0.2) is 14.7 Å². The topological polar surface area (TPSA) is 99.2 Å². The van der Waals surface area contributed by atoms with Crippen LogP contribution in [0.1, 0.15) is 48.3 Å². The van der Waals surface area contributed by atoms with Crippen LogP contribution in [-0.4, -0.2) is 31.9 Å². The second-order valence-electron chi connectivity index (χ2n) is 8.39. The molecular weight excluding hydrogens is 488 g/mol. The largest absolute Gasteiger partial charge is 0.760 e. The Balaban J connectivity index is 1.34. The first-order valence-electron chi connectivity index (χ1n) is 11.1. The molecule has 0 bridgehead atoms. The van der Waals surface area contributed by atoms with Crippen molar-refractivity contribution in [2.45, 2.75) is 43.7 Å². The van der Waals surface area contributed by atoms with E-state index in [0.29, 0.717) is 12.3 Å². The van der Waals surface area contributed by atoms with Crippen LogP contribution < -0.4 is 14.8 Å². The quantitative estimate of drug-likeness (QED) is 0.355. The van der Waals surface area contributed by atoms with Crippen LogP contribution in [-0.2, 0) is 11.3 Å². The Morgan fingerprint density at radius 1 is 1.26 bits per heavy atom. The van der Waals surface area contributed by atoms with Crippen molar-refractivity contribution in [3.05, 3.63) is 69.5 Å². The first kappa shape index (κ1) is 23.4. The van der Waals surface area contributed by atoms with E-state index in [4.69, 9.17) is 14.7 Å². The lowest BCUT2D eigenvalue weighted by atomic mass is 9.97. The van der Waals surface area contributed by atoms with Gasteiger partial charge >= 0.3 is 0 Å². The molecule has 0 saturated heterocycles. The average molecular weight is 514 g/mol. The molecule has 34 heavy (non-hydrogen) atoms. The maximum Gasteiger partial charge on any atom is 0.183 e. The van der Waals surface area contributed by atoms with E-state index in [0.717, 1.165) is 39.8 Å². The third-order valence-corrected chi connectivity index (χ3v) is 8.15. The molecule has 1 aromatic carbocycles. The van der Waals surface area contributed by atoms with E-state index < -0.39 is 11.3 Å². The Morgan fingerprint density at radius 3 is 2.88 bits per heavy atom. The van der Waals surface area contributed by atoms with Crippen LogP contribution >= 0.6 is 22.7 Å². The monoisotopic (exact) mass is 513 g/mol. The van der Waals surface area contributed by atoms with E-state index in [1.54, 1.807) is 29.8 Å². The summed E-state index contributed by atoms with van der Waals surface area (Å²) in [7, 11) is 1.66. The Morgan fingerprint density at radius 2 is 2.15 bits per heavy atom. The van der Waals surface area contributed by atoms with E-state index in [1.165, 1.54) is 17.8 Å². The Kier molecular flexibility index (Phi) is 7.21. The lowest BCUT2D eigenvalue weighted by Gasteiger charge is -2.22. The lowest BCUT2D eigenvalue weighted by Crippen LogP contribution is -2.29. The minimum Gasteiger partial charge on any atom is -0.760 e. The molecule has 178 valence electrons. The number of anilines is 1. The minimum atomic E-state index is -2.27. The molecule has 2 aromatic heterocycles. The standard InChI is InChI=1S/C24H26N4O3S3/c1-31-19-4-2-3-17(12-19)21-13-33-24(27-21)26-20(22-14-32-23(25-22)16-7-8-16)11-15-5-9-18(10-6-15)28-34(29)30/h2-6,9,12-14,16,18,20,28H,7-8,10-11H2,1H3,(H,26,27)(H,29,30)/p-1/t18?,20-/m0/s1. The summed E-state index contributed by atoms with van der Waals surface area (Å²) in [6.07, 6.45) is 9.83. The number of rotatable bonds is 10. The molecule has 2 heterocycles. The van der Waals surface area contributed by atoms with E-state index in [9.17, 15) is 8.76 Å². The van der Waals surface area contributed by atoms with Gasteiger partial charge in [-0.1, -0.05) is 30.4 Å². The normalized spacial score (nSPS) is 19.5. The first-order chi connectivity index (χ1) is 16.6. The van der Waals surface area contributed by atoms with Gasteiger partial charge in [-0.2, -0.15) is 0 Å². The Labute approximate surface area is 209 Å². The molecule has 1 fully saturated rings. The smallest absolute Gasteiger partial charge is 0.183 e. The number of thiazole rings is 2. The minimum absolute atomic E-state index is 0.0258. The van der Waals surface area contributed by atoms with Crippen molar-refractivity contribution in [1.82, 2.24) is 14.7 Å². The summed E-state index contributed by atoms with van der Waals surface area (Å²) >= 11 is 1.04. The molecule has 1 saturated carbocycles. The maximum atomic E-state index is 10.9. The van der Waals surface area contributed by atoms with E-state index in [1.807, 2.05) is 41.8 Å². The number of allylic oxidation sites excluding steroid dienone is 1. The molecule has 3 aromatic rings. The Hall–Kier alpha value is -2.37. The molecule has 0 aliphatic heterocycles. The van der Waals surface area contributed by atoms with Crippen LogP contribution in [0.3, 0.4) is 0 Å². The van der Waals surface area contributed by atoms with Gasteiger partial charge in [-0.3, -0.25) is 4.21 Å². The number of hydrogen-bond acceptors (Lipinski definition) is 8. The average Bonchev–Trinajstić information content (AvgIpc) is 3.38. The molecule has 2 unspecified atom stereocenters. The summed E-state index contributed by atoms with van der Waals surface area (Å²) in [6, 6.07) is 7.67. The second-order valence-corrected chi connectivity index (χ2v) is 10.8. The van der Waals surface area contributed by atoms with Crippen molar-refractivity contribution in [2.24, 2.45) is 0 Å². The second kappa shape index (κ2) is 10.5. The number of ether oxygens (including phenoxy) is 1. The molecule has 2 aliphatic carbocycles. The summed E-state index contributed by atoms with van der Waals surface area (Å²) in [5, 5.41) is 9.86. The highest BCUT2D eigenvalue weighted by Gasteiger charge is 2.28. The van der Waals surface area contributed by atoms with Crippen LogP contribution in [0, 0.1) is 0 Å². The van der Waals surface area contributed by atoms with Gasteiger partial charge in [0.2, 0.25) is 0 Å². The SMILES string of the molecule is COc1cccc(-c2csc(N[C@@H](CC3=CCC(NS(=O)[O-])C=C3)c3csc(C4CC4)n3)n2)c1. The summed E-state index contributed by atoms with van der Waals surface area (Å²) in [6.45, 7) is 0. The van der Waals surface area contributed by atoms with Gasteiger partial charge < -0.3 is 14.6 Å². The van der Waals surface area contributed by atoms with E-state index in [2.05, 4.69) is 21.5 Å². The number of nitrogens with zero attached hydrogens (tertiary/aromatic N) is 2. The van der Waals surface area contributed by atoms with Gasteiger partial charge in [0.15, 0.2) is 5.13 Å². The van der Waals surface area contributed by atoms with Crippen molar-refractivity contribution in [3.63, 3.8) is 0 Å².